The van der Waals surface area contributed by atoms with Crippen molar-refractivity contribution in [3.63, 3.8) is 0 Å². The van der Waals surface area contributed by atoms with Crippen LogP contribution in [0.5, 0.6) is 0 Å². The number of nitrogens with one attached hydrogen (secondary N) is 1. The van der Waals surface area contributed by atoms with Crippen molar-refractivity contribution in [2.75, 3.05) is 6.54 Å². The number of halogens is 1. The van der Waals surface area contributed by atoms with Crippen LogP contribution >= 0.6 is 0 Å². The molecule has 0 radical (unpaired) electrons. The zero-order valence-electron chi connectivity index (χ0n) is 9.87. The molecule has 4 heteroatoms. The van der Waals surface area contributed by atoms with E-state index in [9.17, 15) is 4.39 Å². The van der Waals surface area contributed by atoms with Crippen LogP contribution in [-0.4, -0.2) is 6.54 Å². The fourth-order valence-corrected chi connectivity index (χ4v) is 1.40. The van der Waals surface area contributed by atoms with Crippen LogP contribution in [0.25, 0.3) is 0 Å². The van der Waals surface area contributed by atoms with Gasteiger partial charge in [-0.05, 0) is 30.2 Å². The van der Waals surface area contributed by atoms with E-state index in [0.29, 0.717) is 18.0 Å². The van der Waals surface area contributed by atoms with Crippen molar-refractivity contribution >= 4 is 0 Å². The van der Waals surface area contributed by atoms with Crippen molar-refractivity contribution in [3.05, 3.63) is 35.1 Å². The normalized spacial score (nSPS) is 11.9. The fraction of sp³-hybridized carbons (Fsp3) is 0.385. The van der Waals surface area contributed by atoms with E-state index in [1.54, 1.807) is 6.07 Å². The molecule has 0 saturated heterocycles. The highest BCUT2D eigenvalue weighted by Gasteiger charge is 2.12. The standard InChI is InChI=1S/C13H14FN3/c1-9(2)8-17-13(7-16)10-3-4-12(14)11(5-10)6-15/h3-5,9,13,17H,8H2,1-2H3. The number of hydrogen-bond acceptors (Lipinski definition) is 3. The molecule has 0 aliphatic rings. The Balaban J connectivity index is 2.90. The lowest BCUT2D eigenvalue weighted by Crippen LogP contribution is -2.24. The first-order valence-electron chi connectivity index (χ1n) is 5.41. The average Bonchev–Trinajstić information content (AvgIpc) is 2.31. The molecule has 1 atom stereocenters. The summed E-state index contributed by atoms with van der Waals surface area (Å²) in [4.78, 5) is 0. The Morgan fingerprint density at radius 3 is 2.59 bits per heavy atom. The SMILES string of the molecule is CC(C)CNC(C#N)c1ccc(F)c(C#N)c1. The Kier molecular flexibility index (Phi) is 4.63. The zero-order valence-corrected chi connectivity index (χ0v) is 9.87. The van der Waals surface area contributed by atoms with Crippen LogP contribution in [-0.2, 0) is 0 Å². The lowest BCUT2D eigenvalue weighted by atomic mass is 10.0. The molecule has 0 bridgehead atoms. The summed E-state index contributed by atoms with van der Waals surface area (Å²) < 4.78 is 13.1. The molecule has 0 aliphatic carbocycles. The summed E-state index contributed by atoms with van der Waals surface area (Å²) in [6.45, 7) is 4.76. The molecule has 0 saturated carbocycles. The molecule has 1 N–H and O–H groups in total. The van der Waals surface area contributed by atoms with Gasteiger partial charge >= 0.3 is 0 Å². The number of nitriles is 2. The monoisotopic (exact) mass is 231 g/mol. The van der Waals surface area contributed by atoms with Gasteiger partial charge < -0.3 is 0 Å². The number of rotatable bonds is 4. The smallest absolute Gasteiger partial charge is 0.140 e. The van der Waals surface area contributed by atoms with Crippen molar-refractivity contribution in [1.29, 1.82) is 10.5 Å². The summed E-state index contributed by atoms with van der Waals surface area (Å²) in [7, 11) is 0. The Morgan fingerprint density at radius 1 is 1.35 bits per heavy atom. The molecule has 1 rings (SSSR count). The lowest BCUT2D eigenvalue weighted by Gasteiger charge is -2.13. The van der Waals surface area contributed by atoms with Gasteiger partial charge in [0, 0.05) is 0 Å². The van der Waals surface area contributed by atoms with Gasteiger partial charge in [-0.25, -0.2) is 4.39 Å². The maximum Gasteiger partial charge on any atom is 0.140 e. The van der Waals surface area contributed by atoms with Crippen molar-refractivity contribution in [2.24, 2.45) is 5.92 Å². The molecule has 3 nitrogen and oxygen atoms in total. The van der Waals surface area contributed by atoms with E-state index in [-0.39, 0.29) is 5.56 Å². The first-order chi connectivity index (χ1) is 8.08. The van der Waals surface area contributed by atoms with Gasteiger partial charge in [-0.15, -0.1) is 0 Å². The molecule has 0 aliphatic heterocycles. The molecule has 1 unspecified atom stereocenters. The Bertz CT molecular complexity index is 469. The zero-order chi connectivity index (χ0) is 12.8. The van der Waals surface area contributed by atoms with E-state index in [2.05, 4.69) is 11.4 Å². The van der Waals surface area contributed by atoms with E-state index in [1.807, 2.05) is 13.8 Å². The van der Waals surface area contributed by atoms with E-state index in [1.165, 1.54) is 18.2 Å². The predicted octanol–water partition coefficient (Wildman–Crippen LogP) is 2.51. The number of nitrogens with zero attached hydrogens (tertiary/aromatic N) is 2. The lowest BCUT2D eigenvalue weighted by molar-refractivity contribution is 0.524. The molecule has 0 amide bonds. The van der Waals surface area contributed by atoms with Crippen LogP contribution in [0.3, 0.4) is 0 Å². The highest BCUT2D eigenvalue weighted by molar-refractivity contribution is 5.37. The second-order valence-corrected chi connectivity index (χ2v) is 4.22. The van der Waals surface area contributed by atoms with Crippen LogP contribution < -0.4 is 5.32 Å². The average molecular weight is 231 g/mol. The molecule has 0 heterocycles. The van der Waals surface area contributed by atoms with Crippen molar-refractivity contribution in [1.82, 2.24) is 5.32 Å². The molecule has 1 aromatic carbocycles. The van der Waals surface area contributed by atoms with Gasteiger partial charge in [0.15, 0.2) is 0 Å². The van der Waals surface area contributed by atoms with Crippen molar-refractivity contribution < 1.29 is 4.39 Å². The molecular formula is C13H14FN3. The number of hydrogen-bond donors (Lipinski definition) is 1. The van der Waals surface area contributed by atoms with Crippen molar-refractivity contribution in [3.8, 4) is 12.1 Å². The highest BCUT2D eigenvalue weighted by Crippen LogP contribution is 2.16. The topological polar surface area (TPSA) is 59.6 Å². The molecule has 1 aromatic rings. The van der Waals surface area contributed by atoms with Crippen LogP contribution in [0.15, 0.2) is 18.2 Å². The van der Waals surface area contributed by atoms with Crippen LogP contribution in [0.2, 0.25) is 0 Å². The predicted molar refractivity (Wildman–Crippen MR) is 62.3 cm³/mol. The van der Waals surface area contributed by atoms with E-state index >= 15 is 0 Å². The van der Waals surface area contributed by atoms with Gasteiger partial charge in [-0.1, -0.05) is 19.9 Å². The summed E-state index contributed by atoms with van der Waals surface area (Å²) in [6, 6.07) is 7.52. The molecule has 0 aromatic heterocycles. The largest absolute Gasteiger partial charge is 0.298 e. The third kappa shape index (κ3) is 3.55. The van der Waals surface area contributed by atoms with E-state index in [0.717, 1.165) is 0 Å². The van der Waals surface area contributed by atoms with Crippen LogP contribution in [0.1, 0.15) is 31.0 Å². The molecule has 0 fully saturated rings. The van der Waals surface area contributed by atoms with E-state index < -0.39 is 11.9 Å². The first-order valence-corrected chi connectivity index (χ1v) is 5.41. The Labute approximate surface area is 100 Å². The van der Waals surface area contributed by atoms with Crippen LogP contribution in [0, 0.1) is 34.4 Å². The molecule has 0 spiro atoms. The van der Waals surface area contributed by atoms with Gasteiger partial charge in [-0.3, -0.25) is 5.32 Å². The summed E-state index contributed by atoms with van der Waals surface area (Å²) in [6.07, 6.45) is 0. The maximum atomic E-state index is 13.1. The number of benzene rings is 1. The molecule has 88 valence electrons. The third-order valence-electron chi connectivity index (χ3n) is 2.30. The molecule has 17 heavy (non-hydrogen) atoms. The van der Waals surface area contributed by atoms with Gasteiger partial charge in [0.25, 0.3) is 0 Å². The van der Waals surface area contributed by atoms with E-state index in [4.69, 9.17) is 10.5 Å². The minimum atomic E-state index is -0.559. The Hall–Kier alpha value is -1.91. The van der Waals surface area contributed by atoms with Crippen molar-refractivity contribution in [2.45, 2.75) is 19.9 Å². The van der Waals surface area contributed by atoms with Gasteiger partial charge in [0.1, 0.15) is 17.9 Å². The summed E-state index contributed by atoms with van der Waals surface area (Å²) in [5, 5.41) is 20.8. The third-order valence-corrected chi connectivity index (χ3v) is 2.30. The van der Waals surface area contributed by atoms with Gasteiger partial charge in [0.05, 0.1) is 11.6 Å². The second-order valence-electron chi connectivity index (χ2n) is 4.22. The van der Waals surface area contributed by atoms with Gasteiger partial charge in [-0.2, -0.15) is 10.5 Å². The Morgan fingerprint density at radius 2 is 2.06 bits per heavy atom. The minimum Gasteiger partial charge on any atom is -0.298 e. The summed E-state index contributed by atoms with van der Waals surface area (Å²) >= 11 is 0. The molecular weight excluding hydrogens is 217 g/mol. The maximum absolute atomic E-state index is 13.1. The summed E-state index contributed by atoms with van der Waals surface area (Å²) in [5.41, 5.74) is 0.584. The quantitative estimate of drug-likeness (QED) is 0.866. The fourth-order valence-electron chi connectivity index (χ4n) is 1.40. The van der Waals surface area contributed by atoms with Gasteiger partial charge in [0.2, 0.25) is 0 Å². The minimum absolute atomic E-state index is 0.0332. The highest BCUT2D eigenvalue weighted by atomic mass is 19.1. The second kappa shape index (κ2) is 5.98. The van der Waals surface area contributed by atoms with Crippen LogP contribution in [0.4, 0.5) is 4.39 Å². The first kappa shape index (κ1) is 13.2. The summed E-state index contributed by atoms with van der Waals surface area (Å²) in [5.74, 6) is -0.140.